The van der Waals surface area contributed by atoms with Crippen molar-refractivity contribution >= 4 is 36.7 Å². The summed E-state index contributed by atoms with van der Waals surface area (Å²) >= 11 is 3.47. The number of hydrogen-bond acceptors (Lipinski definition) is 2. The van der Waals surface area contributed by atoms with Crippen LogP contribution in [0, 0.1) is 5.92 Å². The first-order valence-electron chi connectivity index (χ1n) is 7.11. The van der Waals surface area contributed by atoms with E-state index >= 15 is 0 Å². The fourth-order valence-corrected chi connectivity index (χ4v) is 6.18. The summed E-state index contributed by atoms with van der Waals surface area (Å²) in [5.74, 6) is 0.383. The Morgan fingerprint density at radius 1 is 1.19 bits per heavy atom. The van der Waals surface area contributed by atoms with Crippen molar-refractivity contribution in [2.24, 2.45) is 5.92 Å². The fraction of sp³-hybridized carbons (Fsp3) is 0.375. The summed E-state index contributed by atoms with van der Waals surface area (Å²) in [5, 5.41) is 2.44. The zero-order chi connectivity index (χ0) is 15.0. The maximum atomic E-state index is 13.1. The van der Waals surface area contributed by atoms with Crippen molar-refractivity contribution < 1.29 is 8.42 Å². The van der Waals surface area contributed by atoms with Gasteiger partial charge in [0.05, 0.1) is 4.90 Å². The molecule has 2 aromatic carbocycles. The first-order valence-corrected chi connectivity index (χ1v) is 9.67. The average Bonchev–Trinajstić information content (AvgIpc) is 2.88. The van der Waals surface area contributed by atoms with Gasteiger partial charge in [0.1, 0.15) is 0 Å². The van der Waals surface area contributed by atoms with Crippen LogP contribution in [0.15, 0.2) is 47.4 Å². The summed E-state index contributed by atoms with van der Waals surface area (Å²) in [5.41, 5.74) is 0. The van der Waals surface area contributed by atoms with Gasteiger partial charge in [0.2, 0.25) is 10.0 Å². The molecule has 2 aromatic rings. The van der Waals surface area contributed by atoms with Crippen LogP contribution in [0.1, 0.15) is 13.3 Å². The molecule has 0 aliphatic carbocycles. The molecule has 2 atom stereocenters. The van der Waals surface area contributed by atoms with Crippen molar-refractivity contribution in [1.29, 1.82) is 0 Å². The number of nitrogens with zero attached hydrogens (tertiary/aromatic N) is 1. The summed E-state index contributed by atoms with van der Waals surface area (Å²) in [6.07, 6.45) is 0.917. The van der Waals surface area contributed by atoms with Gasteiger partial charge in [0.25, 0.3) is 0 Å². The van der Waals surface area contributed by atoms with E-state index in [1.807, 2.05) is 36.4 Å². The van der Waals surface area contributed by atoms with Crippen molar-refractivity contribution in [3.63, 3.8) is 0 Å². The molecule has 21 heavy (non-hydrogen) atoms. The molecule has 1 aliphatic rings. The van der Waals surface area contributed by atoms with Crippen molar-refractivity contribution in [3.05, 3.63) is 42.5 Å². The molecule has 0 saturated carbocycles. The molecule has 0 spiro atoms. The van der Waals surface area contributed by atoms with Crippen molar-refractivity contribution in [1.82, 2.24) is 4.31 Å². The van der Waals surface area contributed by atoms with Gasteiger partial charge in [-0.25, -0.2) is 8.42 Å². The molecule has 1 fully saturated rings. The second kappa shape index (κ2) is 5.71. The van der Waals surface area contributed by atoms with E-state index in [0.29, 0.717) is 22.7 Å². The molecule has 0 radical (unpaired) electrons. The SMILES string of the molecule is CC1CCN(S(=O)(=O)c2cccc3ccccc23)C1CBr. The molecule has 0 aromatic heterocycles. The molecular weight excluding hydrogens is 350 g/mol. The monoisotopic (exact) mass is 367 g/mol. The van der Waals surface area contributed by atoms with Crippen LogP contribution in [-0.2, 0) is 10.0 Å². The Labute approximate surface area is 134 Å². The van der Waals surface area contributed by atoms with Gasteiger partial charge in [-0.1, -0.05) is 59.3 Å². The second-order valence-electron chi connectivity index (χ2n) is 5.58. The van der Waals surface area contributed by atoms with E-state index in [2.05, 4.69) is 22.9 Å². The third-order valence-corrected chi connectivity index (χ3v) is 6.97. The third-order valence-electron chi connectivity index (χ3n) is 4.33. The van der Waals surface area contributed by atoms with Crippen LogP contribution in [-0.4, -0.2) is 30.6 Å². The molecule has 1 aliphatic heterocycles. The van der Waals surface area contributed by atoms with E-state index < -0.39 is 10.0 Å². The normalized spacial score (nSPS) is 23.7. The second-order valence-corrected chi connectivity index (χ2v) is 8.09. The molecule has 112 valence electrons. The highest BCUT2D eigenvalue weighted by atomic mass is 79.9. The number of benzene rings is 2. The molecule has 5 heteroatoms. The molecule has 0 bridgehead atoms. The average molecular weight is 368 g/mol. The van der Waals surface area contributed by atoms with Gasteiger partial charge in [-0.3, -0.25) is 0 Å². The standard InChI is InChI=1S/C16H18BrNO2S/c1-12-9-10-18(15(12)11-17)21(19,20)16-8-4-6-13-5-2-3-7-14(13)16/h2-8,12,15H,9-11H2,1H3. The Kier molecular flexibility index (Phi) is 4.08. The number of sulfonamides is 1. The Bertz CT molecular complexity index is 754. The molecule has 0 amide bonds. The largest absolute Gasteiger partial charge is 0.243 e. The van der Waals surface area contributed by atoms with Crippen molar-refractivity contribution in [3.8, 4) is 0 Å². The van der Waals surface area contributed by atoms with Gasteiger partial charge in [-0.05, 0) is 23.8 Å². The van der Waals surface area contributed by atoms with E-state index in [4.69, 9.17) is 0 Å². The lowest BCUT2D eigenvalue weighted by Gasteiger charge is -2.25. The lowest BCUT2D eigenvalue weighted by Crippen LogP contribution is -2.38. The van der Waals surface area contributed by atoms with Crippen LogP contribution in [0.4, 0.5) is 0 Å². The van der Waals surface area contributed by atoms with Crippen LogP contribution in [0.5, 0.6) is 0 Å². The first kappa shape index (κ1) is 15.0. The summed E-state index contributed by atoms with van der Waals surface area (Å²) in [6, 6.07) is 13.2. The first-order chi connectivity index (χ1) is 10.1. The number of fused-ring (bicyclic) bond motifs is 1. The van der Waals surface area contributed by atoms with Gasteiger partial charge in [-0.2, -0.15) is 4.31 Å². The predicted octanol–water partition coefficient (Wildman–Crippen LogP) is 3.63. The summed E-state index contributed by atoms with van der Waals surface area (Å²) in [7, 11) is -3.46. The zero-order valence-electron chi connectivity index (χ0n) is 11.9. The van der Waals surface area contributed by atoms with E-state index in [9.17, 15) is 8.42 Å². The Morgan fingerprint density at radius 2 is 1.90 bits per heavy atom. The van der Waals surface area contributed by atoms with E-state index in [1.165, 1.54) is 0 Å². The lowest BCUT2D eigenvalue weighted by molar-refractivity contribution is 0.378. The molecule has 3 rings (SSSR count). The van der Waals surface area contributed by atoms with Crippen LogP contribution >= 0.6 is 15.9 Å². The fourth-order valence-electron chi connectivity index (χ4n) is 3.05. The highest BCUT2D eigenvalue weighted by molar-refractivity contribution is 9.09. The Hall–Kier alpha value is -0.910. The molecule has 0 N–H and O–H groups in total. The smallest absolute Gasteiger partial charge is 0.207 e. The van der Waals surface area contributed by atoms with Crippen LogP contribution in [0.25, 0.3) is 10.8 Å². The minimum Gasteiger partial charge on any atom is -0.207 e. The van der Waals surface area contributed by atoms with Gasteiger partial charge in [0.15, 0.2) is 0 Å². The van der Waals surface area contributed by atoms with Gasteiger partial charge in [-0.15, -0.1) is 0 Å². The predicted molar refractivity (Wildman–Crippen MR) is 89.2 cm³/mol. The molecule has 1 saturated heterocycles. The molecule has 2 unspecified atom stereocenters. The third kappa shape index (κ3) is 2.51. The number of hydrogen-bond donors (Lipinski definition) is 0. The van der Waals surface area contributed by atoms with E-state index in [-0.39, 0.29) is 6.04 Å². The quantitative estimate of drug-likeness (QED) is 0.776. The van der Waals surface area contributed by atoms with Crippen LogP contribution in [0.2, 0.25) is 0 Å². The number of alkyl halides is 1. The highest BCUT2D eigenvalue weighted by Crippen LogP contribution is 2.33. The summed E-state index contributed by atoms with van der Waals surface area (Å²) < 4.78 is 27.8. The minimum absolute atomic E-state index is 0.0361. The van der Waals surface area contributed by atoms with Gasteiger partial charge < -0.3 is 0 Å². The minimum atomic E-state index is -3.46. The summed E-state index contributed by atoms with van der Waals surface area (Å²) in [6.45, 7) is 2.72. The van der Waals surface area contributed by atoms with Crippen molar-refractivity contribution in [2.45, 2.75) is 24.3 Å². The Morgan fingerprint density at radius 3 is 2.67 bits per heavy atom. The maximum Gasteiger partial charge on any atom is 0.243 e. The van der Waals surface area contributed by atoms with Gasteiger partial charge >= 0.3 is 0 Å². The lowest BCUT2D eigenvalue weighted by atomic mass is 10.1. The molecule has 1 heterocycles. The number of halogens is 1. The summed E-state index contributed by atoms with van der Waals surface area (Å²) in [4.78, 5) is 0.417. The van der Waals surface area contributed by atoms with Crippen LogP contribution < -0.4 is 0 Å². The van der Waals surface area contributed by atoms with Crippen LogP contribution in [0.3, 0.4) is 0 Å². The maximum absolute atomic E-state index is 13.1. The Balaban J connectivity index is 2.13. The molecular formula is C16H18BrNO2S. The van der Waals surface area contributed by atoms with Gasteiger partial charge in [0, 0.05) is 23.3 Å². The van der Waals surface area contributed by atoms with E-state index in [0.717, 1.165) is 17.2 Å². The number of rotatable bonds is 3. The zero-order valence-corrected chi connectivity index (χ0v) is 14.3. The molecule has 3 nitrogen and oxygen atoms in total. The van der Waals surface area contributed by atoms with Crippen molar-refractivity contribution in [2.75, 3.05) is 11.9 Å². The topological polar surface area (TPSA) is 37.4 Å². The highest BCUT2D eigenvalue weighted by Gasteiger charge is 2.39. The van der Waals surface area contributed by atoms with E-state index in [1.54, 1.807) is 10.4 Å².